The van der Waals surface area contributed by atoms with Crippen molar-refractivity contribution < 1.29 is 13.2 Å². The molecule has 3 aromatic carbocycles. The van der Waals surface area contributed by atoms with Gasteiger partial charge in [-0.25, -0.2) is 9.97 Å². The van der Waals surface area contributed by atoms with E-state index in [9.17, 15) is 13.2 Å². The Morgan fingerprint density at radius 1 is 0.707 bits per heavy atom. The number of rotatable bonds is 5. The Morgan fingerprint density at radius 3 is 2.05 bits per heavy atom. The zero-order chi connectivity index (χ0) is 28.6. The zero-order valence-electron chi connectivity index (χ0n) is 22.2. The predicted octanol–water partition coefficient (Wildman–Crippen LogP) is 8.33. The van der Waals surface area contributed by atoms with Crippen LogP contribution < -0.4 is 16.8 Å². The van der Waals surface area contributed by atoms with E-state index in [0.29, 0.717) is 34.4 Å². The molecule has 0 spiro atoms. The smallest absolute Gasteiger partial charge is 0.398 e. The molecule has 41 heavy (non-hydrogen) atoms. The Kier molecular flexibility index (Phi) is 6.95. The summed E-state index contributed by atoms with van der Waals surface area (Å²) in [5, 5.41) is 3.98. The van der Waals surface area contributed by atoms with Gasteiger partial charge in [0.2, 0.25) is 5.95 Å². The molecule has 0 unspecified atom stereocenters. The van der Waals surface area contributed by atoms with E-state index in [4.69, 9.17) is 16.5 Å². The van der Waals surface area contributed by atoms with Crippen LogP contribution in [0.3, 0.4) is 0 Å². The molecule has 5 aromatic rings. The molecule has 1 fully saturated rings. The van der Waals surface area contributed by atoms with Crippen LogP contribution in [0, 0.1) is 0 Å². The number of hydrogen-bond acceptors (Lipinski definition) is 6. The average molecular weight is 555 g/mol. The van der Waals surface area contributed by atoms with Gasteiger partial charge >= 0.3 is 6.18 Å². The highest BCUT2D eigenvalue weighted by atomic mass is 19.4. The largest absolute Gasteiger partial charge is 0.416 e. The molecule has 0 radical (unpaired) electrons. The minimum atomic E-state index is -4.41. The molecule has 2 aromatic heterocycles. The van der Waals surface area contributed by atoms with Crippen LogP contribution in [0.5, 0.6) is 0 Å². The Labute approximate surface area is 235 Å². The third-order valence-electron chi connectivity index (χ3n) is 7.65. The third-order valence-corrected chi connectivity index (χ3v) is 7.65. The van der Waals surface area contributed by atoms with Crippen molar-refractivity contribution in [2.75, 3.05) is 16.8 Å². The summed E-state index contributed by atoms with van der Waals surface area (Å²) in [5.41, 5.74) is 17.8. The number of nitrogens with one attached hydrogen (secondary N) is 1. The van der Waals surface area contributed by atoms with E-state index in [1.165, 1.54) is 49.8 Å². The van der Waals surface area contributed by atoms with Gasteiger partial charge < -0.3 is 16.8 Å². The van der Waals surface area contributed by atoms with E-state index >= 15 is 0 Å². The van der Waals surface area contributed by atoms with Gasteiger partial charge in [-0.3, -0.25) is 0 Å². The van der Waals surface area contributed by atoms with E-state index in [0.717, 1.165) is 34.3 Å². The Morgan fingerprint density at radius 2 is 1.37 bits per heavy atom. The van der Waals surface area contributed by atoms with Gasteiger partial charge in [-0.2, -0.15) is 18.2 Å². The lowest BCUT2D eigenvalue weighted by Gasteiger charge is -2.22. The normalized spacial score (nSPS) is 14.3. The molecule has 9 heteroatoms. The van der Waals surface area contributed by atoms with Crippen LogP contribution in [0.25, 0.3) is 33.4 Å². The maximum absolute atomic E-state index is 13.0. The lowest BCUT2D eigenvalue weighted by atomic mass is 9.84. The number of nitrogen functional groups attached to an aromatic ring is 2. The monoisotopic (exact) mass is 554 g/mol. The summed E-state index contributed by atoms with van der Waals surface area (Å²) in [7, 11) is 0. The zero-order valence-corrected chi connectivity index (χ0v) is 22.2. The van der Waals surface area contributed by atoms with Crippen molar-refractivity contribution in [3.63, 3.8) is 0 Å². The number of nitrogens with two attached hydrogens (primary N) is 2. The highest BCUT2D eigenvalue weighted by Crippen LogP contribution is 2.35. The quantitative estimate of drug-likeness (QED) is 0.202. The molecule has 2 heterocycles. The summed E-state index contributed by atoms with van der Waals surface area (Å²) in [4.78, 5) is 13.3. The lowest BCUT2D eigenvalue weighted by Crippen LogP contribution is -2.04. The first-order chi connectivity index (χ1) is 19.7. The fourth-order valence-corrected chi connectivity index (χ4v) is 5.50. The molecule has 5 N–H and O–H groups in total. The third kappa shape index (κ3) is 5.79. The molecule has 1 aliphatic carbocycles. The minimum absolute atomic E-state index is 0.00832. The number of benzene rings is 3. The van der Waals surface area contributed by atoms with Crippen LogP contribution in [0.1, 0.15) is 49.1 Å². The second-order valence-corrected chi connectivity index (χ2v) is 10.5. The second kappa shape index (κ2) is 10.7. The second-order valence-electron chi connectivity index (χ2n) is 10.5. The van der Waals surface area contributed by atoms with Crippen LogP contribution in [0.2, 0.25) is 0 Å². The van der Waals surface area contributed by atoms with Gasteiger partial charge in [0.05, 0.1) is 22.5 Å². The summed E-state index contributed by atoms with van der Waals surface area (Å²) in [6.45, 7) is 0. The van der Waals surface area contributed by atoms with Crippen molar-refractivity contribution in [2.24, 2.45) is 0 Å². The Balaban J connectivity index is 1.23. The highest BCUT2D eigenvalue weighted by molar-refractivity contribution is 5.95. The number of aromatic nitrogens is 3. The van der Waals surface area contributed by atoms with Gasteiger partial charge in [-0.15, -0.1) is 0 Å². The van der Waals surface area contributed by atoms with E-state index in [-0.39, 0.29) is 5.95 Å². The number of halogens is 3. The number of nitrogens with zero attached hydrogens (tertiary/aromatic N) is 3. The summed E-state index contributed by atoms with van der Waals surface area (Å²) < 4.78 is 38.9. The molecule has 1 saturated carbocycles. The van der Waals surface area contributed by atoms with Crippen molar-refractivity contribution in [3.8, 4) is 22.5 Å². The Hall–Kier alpha value is -4.66. The molecule has 0 aliphatic heterocycles. The molecular weight excluding hydrogens is 525 g/mol. The molecule has 0 atom stereocenters. The van der Waals surface area contributed by atoms with Crippen molar-refractivity contribution in [3.05, 3.63) is 90.0 Å². The SMILES string of the molecule is Nc1nc(Nc2ccc3nc(-c4ccc(C5CCCCC5)cc4)cc(N)c3c2)cc(-c2ccc(C(F)(F)F)cc2)n1. The molecule has 208 valence electrons. The number of hydrogen-bond donors (Lipinski definition) is 3. The first kappa shape index (κ1) is 26.6. The predicted molar refractivity (Wildman–Crippen MR) is 158 cm³/mol. The van der Waals surface area contributed by atoms with E-state index in [1.54, 1.807) is 6.07 Å². The summed E-state index contributed by atoms with van der Waals surface area (Å²) in [6.07, 6.45) is 2.04. The van der Waals surface area contributed by atoms with Crippen LogP contribution in [0.15, 0.2) is 78.9 Å². The fraction of sp³-hybridized carbons (Fsp3) is 0.219. The van der Waals surface area contributed by atoms with Gasteiger partial charge in [-0.05, 0) is 60.7 Å². The number of pyridine rings is 1. The molecule has 0 bridgehead atoms. The molecule has 6 nitrogen and oxygen atoms in total. The van der Waals surface area contributed by atoms with Crippen molar-refractivity contribution in [1.29, 1.82) is 0 Å². The van der Waals surface area contributed by atoms with Crippen LogP contribution in [-0.2, 0) is 6.18 Å². The van der Waals surface area contributed by atoms with Gasteiger partial charge in [0.25, 0.3) is 0 Å². The molecule has 6 rings (SSSR count). The van der Waals surface area contributed by atoms with Crippen LogP contribution in [-0.4, -0.2) is 15.0 Å². The van der Waals surface area contributed by atoms with Gasteiger partial charge in [0, 0.05) is 34.0 Å². The minimum Gasteiger partial charge on any atom is -0.398 e. The summed E-state index contributed by atoms with van der Waals surface area (Å²) in [6, 6.07) is 22.6. The molecular formula is C32H29F3N6. The number of alkyl halides is 3. The highest BCUT2D eigenvalue weighted by Gasteiger charge is 2.30. The fourth-order valence-electron chi connectivity index (χ4n) is 5.50. The first-order valence-electron chi connectivity index (χ1n) is 13.6. The van der Waals surface area contributed by atoms with Crippen LogP contribution >= 0.6 is 0 Å². The van der Waals surface area contributed by atoms with Crippen molar-refractivity contribution in [1.82, 2.24) is 15.0 Å². The maximum atomic E-state index is 13.0. The first-order valence-corrected chi connectivity index (χ1v) is 13.6. The van der Waals surface area contributed by atoms with E-state index < -0.39 is 11.7 Å². The van der Waals surface area contributed by atoms with E-state index in [2.05, 4.69) is 39.6 Å². The molecule has 1 aliphatic rings. The number of anilines is 4. The van der Waals surface area contributed by atoms with Gasteiger partial charge in [0.1, 0.15) is 5.82 Å². The summed E-state index contributed by atoms with van der Waals surface area (Å²) >= 11 is 0. The Bertz CT molecular complexity index is 1690. The van der Waals surface area contributed by atoms with Crippen LogP contribution in [0.4, 0.5) is 36.3 Å². The van der Waals surface area contributed by atoms with Gasteiger partial charge in [0.15, 0.2) is 0 Å². The number of fused-ring (bicyclic) bond motifs is 1. The topological polar surface area (TPSA) is 103 Å². The lowest BCUT2D eigenvalue weighted by molar-refractivity contribution is -0.137. The summed E-state index contributed by atoms with van der Waals surface area (Å²) in [5.74, 6) is 1.04. The average Bonchev–Trinajstić information content (AvgIpc) is 2.97. The van der Waals surface area contributed by atoms with Crippen molar-refractivity contribution >= 4 is 34.0 Å². The standard InChI is InChI=1S/C32H29F3N6/c33-32(34,35)23-12-10-22(11-13-23)29-18-30(41-31(37)40-29)38-24-14-15-27-25(16-24)26(36)17-28(39-27)21-8-6-20(7-9-21)19-4-2-1-3-5-19/h6-19H,1-5H2,(H2,36,39)(H3,37,38,40,41). The van der Waals surface area contributed by atoms with Gasteiger partial charge in [-0.1, -0.05) is 55.7 Å². The molecule has 0 amide bonds. The molecule has 0 saturated heterocycles. The van der Waals surface area contributed by atoms with Crippen molar-refractivity contribution in [2.45, 2.75) is 44.2 Å². The van der Waals surface area contributed by atoms with E-state index in [1.807, 2.05) is 24.3 Å². The maximum Gasteiger partial charge on any atom is 0.416 e.